The van der Waals surface area contributed by atoms with Crippen LogP contribution in [0.15, 0.2) is 48.5 Å². The van der Waals surface area contributed by atoms with Crippen molar-refractivity contribution in [2.45, 2.75) is 32.2 Å². The number of nitrogens with one attached hydrogen (secondary N) is 2. The SMILES string of the molecule is C[C@H]1C[C@@H](C(=O)Nc2ccccc2N2CCc3ccccc32)CCN1.Cl.Cl. The molecule has 6 heteroatoms. The Hall–Kier alpha value is -1.75. The van der Waals surface area contributed by atoms with E-state index in [9.17, 15) is 4.79 Å². The van der Waals surface area contributed by atoms with Crippen LogP contribution in [0, 0.1) is 5.92 Å². The first-order valence-corrected chi connectivity index (χ1v) is 9.21. The summed E-state index contributed by atoms with van der Waals surface area (Å²) in [4.78, 5) is 15.1. The topological polar surface area (TPSA) is 44.4 Å². The summed E-state index contributed by atoms with van der Waals surface area (Å²) in [5.74, 6) is 0.239. The number of rotatable bonds is 3. The highest BCUT2D eigenvalue weighted by Gasteiger charge is 2.27. The fourth-order valence-electron chi connectivity index (χ4n) is 4.01. The number of hydrogen-bond donors (Lipinski definition) is 2. The number of amides is 1. The average molecular weight is 408 g/mol. The molecule has 2 aromatic carbocycles. The van der Waals surface area contributed by atoms with Crippen molar-refractivity contribution >= 4 is 47.8 Å². The van der Waals surface area contributed by atoms with Gasteiger partial charge >= 0.3 is 0 Å². The van der Waals surface area contributed by atoms with Crippen LogP contribution in [0.4, 0.5) is 17.1 Å². The zero-order valence-corrected chi connectivity index (χ0v) is 17.1. The zero-order chi connectivity index (χ0) is 17.2. The van der Waals surface area contributed by atoms with Gasteiger partial charge in [0.1, 0.15) is 0 Å². The van der Waals surface area contributed by atoms with Gasteiger partial charge in [0.2, 0.25) is 5.91 Å². The van der Waals surface area contributed by atoms with Gasteiger partial charge in [-0.2, -0.15) is 0 Å². The Morgan fingerprint density at radius 1 is 1.07 bits per heavy atom. The van der Waals surface area contributed by atoms with E-state index < -0.39 is 0 Å². The van der Waals surface area contributed by atoms with E-state index in [4.69, 9.17) is 0 Å². The lowest BCUT2D eigenvalue weighted by atomic mass is 9.92. The number of nitrogens with zero attached hydrogens (tertiary/aromatic N) is 1. The Balaban J connectivity index is 0.00000131. The summed E-state index contributed by atoms with van der Waals surface area (Å²) in [6.07, 6.45) is 2.86. The second-order valence-corrected chi connectivity index (χ2v) is 7.11. The summed E-state index contributed by atoms with van der Waals surface area (Å²) in [5, 5.41) is 6.61. The highest BCUT2D eigenvalue weighted by molar-refractivity contribution is 5.97. The van der Waals surface area contributed by atoms with Crippen molar-refractivity contribution in [2.24, 2.45) is 5.92 Å². The van der Waals surface area contributed by atoms with Crippen molar-refractivity contribution in [2.75, 3.05) is 23.3 Å². The Morgan fingerprint density at radius 3 is 2.56 bits per heavy atom. The van der Waals surface area contributed by atoms with Crippen LogP contribution in [0.1, 0.15) is 25.3 Å². The molecule has 146 valence electrons. The number of para-hydroxylation sites is 3. The predicted molar refractivity (Wildman–Crippen MR) is 117 cm³/mol. The third-order valence-electron chi connectivity index (χ3n) is 5.33. The molecule has 1 fully saturated rings. The molecule has 2 N–H and O–H groups in total. The van der Waals surface area contributed by atoms with Gasteiger partial charge in [-0.05, 0) is 56.5 Å². The van der Waals surface area contributed by atoms with E-state index in [0.29, 0.717) is 6.04 Å². The molecule has 27 heavy (non-hydrogen) atoms. The fourth-order valence-corrected chi connectivity index (χ4v) is 4.01. The van der Waals surface area contributed by atoms with E-state index >= 15 is 0 Å². The minimum atomic E-state index is 0. The quantitative estimate of drug-likeness (QED) is 0.783. The van der Waals surface area contributed by atoms with E-state index in [2.05, 4.69) is 52.8 Å². The summed E-state index contributed by atoms with van der Waals surface area (Å²) in [7, 11) is 0. The van der Waals surface area contributed by atoms with Crippen LogP contribution in [-0.4, -0.2) is 25.0 Å². The summed E-state index contributed by atoms with van der Waals surface area (Å²) in [5.41, 5.74) is 4.62. The summed E-state index contributed by atoms with van der Waals surface area (Å²) in [6.45, 7) is 4.02. The second kappa shape index (κ2) is 9.45. The number of benzene rings is 2. The number of piperidine rings is 1. The van der Waals surface area contributed by atoms with E-state index in [-0.39, 0.29) is 36.6 Å². The Morgan fingerprint density at radius 2 is 1.78 bits per heavy atom. The molecule has 1 saturated heterocycles. The lowest BCUT2D eigenvalue weighted by Gasteiger charge is -2.28. The van der Waals surface area contributed by atoms with Crippen molar-refractivity contribution in [3.05, 3.63) is 54.1 Å². The first kappa shape index (κ1) is 21.5. The zero-order valence-electron chi connectivity index (χ0n) is 15.5. The number of carbonyl (C=O) groups is 1. The smallest absolute Gasteiger partial charge is 0.227 e. The molecular formula is C21H27Cl2N3O. The van der Waals surface area contributed by atoms with Gasteiger partial charge in [0, 0.05) is 24.2 Å². The normalized spacial score (nSPS) is 20.9. The summed E-state index contributed by atoms with van der Waals surface area (Å²) < 4.78 is 0. The molecule has 0 radical (unpaired) electrons. The molecule has 0 unspecified atom stereocenters. The van der Waals surface area contributed by atoms with Gasteiger partial charge in [-0.15, -0.1) is 24.8 Å². The highest BCUT2D eigenvalue weighted by Crippen LogP contribution is 2.38. The minimum Gasteiger partial charge on any atom is -0.339 e. The molecule has 4 rings (SSSR count). The monoisotopic (exact) mass is 407 g/mol. The largest absolute Gasteiger partial charge is 0.339 e. The maximum absolute atomic E-state index is 12.8. The number of hydrogen-bond acceptors (Lipinski definition) is 3. The first-order chi connectivity index (χ1) is 12.2. The van der Waals surface area contributed by atoms with Crippen LogP contribution >= 0.6 is 24.8 Å². The number of carbonyl (C=O) groups excluding carboxylic acids is 1. The fraction of sp³-hybridized carbons (Fsp3) is 0.381. The molecule has 2 atom stereocenters. The standard InChI is InChI=1S/C21H25N3O.2ClH/c1-15-14-17(10-12-22-15)21(25)23-18-7-3-5-9-20(18)24-13-11-16-6-2-4-8-19(16)24;;/h2-9,15,17,22H,10-14H2,1H3,(H,23,25);2*1H/t15-,17-;;/m0../s1. The summed E-state index contributed by atoms with van der Waals surface area (Å²) in [6, 6.07) is 17.1. The van der Waals surface area contributed by atoms with E-state index in [1.165, 1.54) is 11.3 Å². The van der Waals surface area contributed by atoms with Crippen molar-refractivity contribution in [3.8, 4) is 0 Å². The molecule has 0 saturated carbocycles. The van der Waals surface area contributed by atoms with Crippen LogP contribution in [0.5, 0.6) is 0 Å². The van der Waals surface area contributed by atoms with Crippen LogP contribution in [-0.2, 0) is 11.2 Å². The molecule has 4 nitrogen and oxygen atoms in total. The molecule has 2 aliphatic heterocycles. The number of fused-ring (bicyclic) bond motifs is 1. The van der Waals surface area contributed by atoms with Gasteiger partial charge in [0.05, 0.1) is 11.4 Å². The number of anilines is 3. The molecule has 1 amide bonds. The molecule has 2 heterocycles. The maximum atomic E-state index is 12.8. The van der Waals surface area contributed by atoms with Gasteiger partial charge < -0.3 is 15.5 Å². The van der Waals surface area contributed by atoms with E-state index in [0.717, 1.165) is 43.7 Å². The maximum Gasteiger partial charge on any atom is 0.227 e. The third kappa shape index (κ3) is 4.57. The van der Waals surface area contributed by atoms with Gasteiger partial charge in [-0.1, -0.05) is 30.3 Å². The van der Waals surface area contributed by atoms with Gasteiger partial charge in [0.15, 0.2) is 0 Å². The number of halogens is 2. The molecule has 0 spiro atoms. The van der Waals surface area contributed by atoms with Crippen molar-refractivity contribution < 1.29 is 4.79 Å². The molecule has 0 aliphatic carbocycles. The van der Waals surface area contributed by atoms with Crippen molar-refractivity contribution in [3.63, 3.8) is 0 Å². The Kier molecular flexibility index (Phi) is 7.54. The van der Waals surface area contributed by atoms with E-state index in [1.807, 2.05) is 18.2 Å². The van der Waals surface area contributed by atoms with Crippen LogP contribution < -0.4 is 15.5 Å². The molecular weight excluding hydrogens is 381 g/mol. The lowest BCUT2D eigenvalue weighted by molar-refractivity contribution is -0.120. The highest BCUT2D eigenvalue weighted by atomic mass is 35.5. The molecule has 2 aromatic rings. The first-order valence-electron chi connectivity index (χ1n) is 9.21. The molecule has 2 aliphatic rings. The van der Waals surface area contributed by atoms with Crippen LogP contribution in [0.3, 0.4) is 0 Å². The lowest BCUT2D eigenvalue weighted by Crippen LogP contribution is -2.40. The van der Waals surface area contributed by atoms with Gasteiger partial charge in [-0.25, -0.2) is 0 Å². The average Bonchev–Trinajstić information content (AvgIpc) is 3.06. The predicted octanol–water partition coefficient (Wildman–Crippen LogP) is 4.55. The third-order valence-corrected chi connectivity index (χ3v) is 5.33. The Bertz CT molecular complexity index is 784. The van der Waals surface area contributed by atoms with Crippen molar-refractivity contribution in [1.29, 1.82) is 0 Å². The van der Waals surface area contributed by atoms with Crippen LogP contribution in [0.2, 0.25) is 0 Å². The van der Waals surface area contributed by atoms with Gasteiger partial charge in [0.25, 0.3) is 0 Å². The van der Waals surface area contributed by atoms with Crippen LogP contribution in [0.25, 0.3) is 0 Å². The van der Waals surface area contributed by atoms with E-state index in [1.54, 1.807) is 0 Å². The molecule has 0 aromatic heterocycles. The van der Waals surface area contributed by atoms with Gasteiger partial charge in [-0.3, -0.25) is 4.79 Å². The minimum absolute atomic E-state index is 0. The Labute approximate surface area is 173 Å². The second-order valence-electron chi connectivity index (χ2n) is 7.11. The van der Waals surface area contributed by atoms with Crippen molar-refractivity contribution in [1.82, 2.24) is 5.32 Å². The molecule has 0 bridgehead atoms. The summed E-state index contributed by atoms with van der Waals surface area (Å²) >= 11 is 0.